The van der Waals surface area contributed by atoms with Crippen LogP contribution in [0, 0.1) is 5.92 Å². The molecule has 0 aliphatic rings. The van der Waals surface area contributed by atoms with Gasteiger partial charge in [0, 0.05) is 12.6 Å². The van der Waals surface area contributed by atoms with Gasteiger partial charge in [-0.3, -0.25) is 0 Å². The molecule has 0 bridgehead atoms. The summed E-state index contributed by atoms with van der Waals surface area (Å²) in [6, 6.07) is 0.355. The molecule has 2 nitrogen and oxygen atoms in total. The van der Waals surface area contributed by atoms with E-state index >= 15 is 0 Å². The number of hydrogen-bond acceptors (Lipinski definition) is 2. The third-order valence-corrected chi connectivity index (χ3v) is 2.35. The molecule has 0 aliphatic carbocycles. The van der Waals surface area contributed by atoms with Gasteiger partial charge in [-0.05, 0) is 38.3 Å². The van der Waals surface area contributed by atoms with E-state index in [1.165, 1.54) is 25.9 Å². The van der Waals surface area contributed by atoms with Crippen LogP contribution in [0.1, 0.15) is 47.0 Å². The minimum Gasteiger partial charge on any atom is -0.327 e. The van der Waals surface area contributed by atoms with Gasteiger partial charge in [0.05, 0.1) is 0 Å². The molecule has 0 aromatic carbocycles. The van der Waals surface area contributed by atoms with E-state index in [0.717, 1.165) is 18.9 Å². The van der Waals surface area contributed by atoms with Crippen LogP contribution >= 0.6 is 0 Å². The summed E-state index contributed by atoms with van der Waals surface area (Å²) in [7, 11) is 0. The molecule has 0 aliphatic heterocycles. The molecule has 0 heterocycles. The maximum absolute atomic E-state index is 6.09. The highest BCUT2D eigenvalue weighted by atomic mass is 15.1. The van der Waals surface area contributed by atoms with Crippen molar-refractivity contribution in [1.82, 2.24) is 4.90 Å². The van der Waals surface area contributed by atoms with E-state index in [1.807, 2.05) is 0 Å². The molecular weight excluding hydrogens is 172 g/mol. The Morgan fingerprint density at radius 2 is 1.57 bits per heavy atom. The average Bonchev–Trinajstić information content (AvgIpc) is 2.03. The zero-order valence-electron chi connectivity index (χ0n) is 10.4. The Morgan fingerprint density at radius 3 is 1.93 bits per heavy atom. The van der Waals surface area contributed by atoms with E-state index < -0.39 is 0 Å². The van der Waals surface area contributed by atoms with E-state index in [9.17, 15) is 0 Å². The Morgan fingerprint density at radius 1 is 1.07 bits per heavy atom. The number of hydrogen-bond donors (Lipinski definition) is 1. The molecule has 2 heteroatoms. The van der Waals surface area contributed by atoms with Crippen molar-refractivity contribution >= 4 is 0 Å². The first-order valence-electron chi connectivity index (χ1n) is 6.08. The molecule has 0 aromatic heterocycles. The van der Waals surface area contributed by atoms with Crippen LogP contribution in [0.4, 0.5) is 0 Å². The van der Waals surface area contributed by atoms with E-state index in [1.54, 1.807) is 0 Å². The van der Waals surface area contributed by atoms with Gasteiger partial charge in [0.2, 0.25) is 0 Å². The van der Waals surface area contributed by atoms with Gasteiger partial charge >= 0.3 is 0 Å². The normalized spacial score (nSPS) is 13.9. The van der Waals surface area contributed by atoms with Crippen LogP contribution in [-0.2, 0) is 0 Å². The van der Waals surface area contributed by atoms with Crippen LogP contribution in [0.25, 0.3) is 0 Å². The minimum absolute atomic E-state index is 0.355. The van der Waals surface area contributed by atoms with Crippen molar-refractivity contribution in [3.63, 3.8) is 0 Å². The van der Waals surface area contributed by atoms with Crippen molar-refractivity contribution in [3.05, 3.63) is 0 Å². The average molecular weight is 200 g/mol. The molecule has 0 unspecified atom stereocenters. The summed E-state index contributed by atoms with van der Waals surface area (Å²) in [4.78, 5) is 2.49. The van der Waals surface area contributed by atoms with Gasteiger partial charge in [-0.15, -0.1) is 0 Å². The third kappa shape index (κ3) is 7.34. The predicted octanol–water partition coefficient (Wildman–Crippen LogP) is 2.48. The van der Waals surface area contributed by atoms with Crippen LogP contribution in [0.15, 0.2) is 0 Å². The number of nitrogens with zero attached hydrogens (tertiary/aromatic N) is 1. The van der Waals surface area contributed by atoms with Crippen molar-refractivity contribution in [2.24, 2.45) is 11.7 Å². The maximum Gasteiger partial charge on any atom is 0.0170 e. The quantitative estimate of drug-likeness (QED) is 0.652. The summed E-state index contributed by atoms with van der Waals surface area (Å²) in [6.07, 6.45) is 3.60. The van der Waals surface area contributed by atoms with Gasteiger partial charge in [-0.25, -0.2) is 0 Å². The second-order valence-electron chi connectivity index (χ2n) is 4.69. The van der Waals surface area contributed by atoms with Gasteiger partial charge < -0.3 is 10.6 Å². The smallest absolute Gasteiger partial charge is 0.0170 e. The largest absolute Gasteiger partial charge is 0.327 e. The first kappa shape index (κ1) is 13.9. The molecule has 86 valence electrons. The lowest BCUT2D eigenvalue weighted by Gasteiger charge is -2.25. The predicted molar refractivity (Wildman–Crippen MR) is 64.5 cm³/mol. The van der Waals surface area contributed by atoms with Crippen molar-refractivity contribution in [3.8, 4) is 0 Å². The summed E-state index contributed by atoms with van der Waals surface area (Å²) in [5.41, 5.74) is 6.09. The Kier molecular flexibility index (Phi) is 8.20. The highest BCUT2D eigenvalue weighted by Crippen LogP contribution is 2.05. The molecular formula is C12H28N2. The molecule has 0 radical (unpaired) electrons. The molecule has 0 aromatic rings. The molecule has 0 rings (SSSR count). The Bertz CT molecular complexity index is 117. The van der Waals surface area contributed by atoms with Gasteiger partial charge in [-0.2, -0.15) is 0 Å². The van der Waals surface area contributed by atoms with Gasteiger partial charge in [0.15, 0.2) is 0 Å². The number of rotatable bonds is 8. The van der Waals surface area contributed by atoms with E-state index in [-0.39, 0.29) is 0 Å². The SMILES string of the molecule is CCCN(CCC)C[C@@H](N)CC(C)C. The van der Waals surface area contributed by atoms with Crippen LogP contribution in [0.5, 0.6) is 0 Å². The highest BCUT2D eigenvalue weighted by Gasteiger charge is 2.10. The summed E-state index contributed by atoms with van der Waals surface area (Å²) < 4.78 is 0. The topological polar surface area (TPSA) is 29.3 Å². The minimum atomic E-state index is 0.355. The summed E-state index contributed by atoms with van der Waals surface area (Å²) in [5.74, 6) is 0.718. The molecule has 0 fully saturated rings. The van der Waals surface area contributed by atoms with Gasteiger partial charge in [0.25, 0.3) is 0 Å². The van der Waals surface area contributed by atoms with Crippen LogP contribution in [0.2, 0.25) is 0 Å². The molecule has 14 heavy (non-hydrogen) atoms. The standard InChI is InChI=1S/C12H28N2/c1-5-7-14(8-6-2)10-12(13)9-11(3)4/h11-12H,5-10,13H2,1-4H3/t12-/m0/s1. The first-order chi connectivity index (χ1) is 6.60. The number of nitrogens with two attached hydrogens (primary N) is 1. The molecule has 2 N–H and O–H groups in total. The molecule has 1 atom stereocenters. The fourth-order valence-electron chi connectivity index (χ4n) is 1.94. The second-order valence-corrected chi connectivity index (χ2v) is 4.69. The fraction of sp³-hybridized carbons (Fsp3) is 1.00. The Hall–Kier alpha value is -0.0800. The van der Waals surface area contributed by atoms with Crippen LogP contribution in [0.3, 0.4) is 0 Å². The summed E-state index contributed by atoms with van der Waals surface area (Å²) >= 11 is 0. The monoisotopic (exact) mass is 200 g/mol. The van der Waals surface area contributed by atoms with Crippen molar-refractivity contribution in [1.29, 1.82) is 0 Å². The van der Waals surface area contributed by atoms with E-state index in [2.05, 4.69) is 32.6 Å². The van der Waals surface area contributed by atoms with Gasteiger partial charge in [-0.1, -0.05) is 27.7 Å². The maximum atomic E-state index is 6.09. The zero-order valence-corrected chi connectivity index (χ0v) is 10.4. The molecule has 0 spiro atoms. The lowest BCUT2D eigenvalue weighted by Crippen LogP contribution is -2.39. The molecule has 0 amide bonds. The van der Waals surface area contributed by atoms with Crippen molar-refractivity contribution in [2.75, 3.05) is 19.6 Å². The Labute approximate surface area is 89.9 Å². The third-order valence-electron chi connectivity index (χ3n) is 2.35. The lowest BCUT2D eigenvalue weighted by atomic mass is 10.0. The summed E-state index contributed by atoms with van der Waals surface area (Å²) in [6.45, 7) is 12.4. The van der Waals surface area contributed by atoms with Crippen LogP contribution in [-0.4, -0.2) is 30.6 Å². The van der Waals surface area contributed by atoms with Gasteiger partial charge in [0.1, 0.15) is 0 Å². The highest BCUT2D eigenvalue weighted by molar-refractivity contribution is 4.69. The fourth-order valence-corrected chi connectivity index (χ4v) is 1.94. The zero-order chi connectivity index (χ0) is 11.0. The lowest BCUT2D eigenvalue weighted by molar-refractivity contribution is 0.246. The van der Waals surface area contributed by atoms with Crippen molar-refractivity contribution in [2.45, 2.75) is 53.0 Å². The molecule has 0 saturated heterocycles. The second kappa shape index (κ2) is 8.25. The van der Waals surface area contributed by atoms with Crippen molar-refractivity contribution < 1.29 is 0 Å². The Balaban J connectivity index is 3.76. The first-order valence-corrected chi connectivity index (χ1v) is 6.08. The molecule has 0 saturated carbocycles. The van der Waals surface area contributed by atoms with Crippen LogP contribution < -0.4 is 5.73 Å². The van der Waals surface area contributed by atoms with E-state index in [0.29, 0.717) is 6.04 Å². The van der Waals surface area contributed by atoms with E-state index in [4.69, 9.17) is 5.73 Å². The summed E-state index contributed by atoms with van der Waals surface area (Å²) in [5, 5.41) is 0.